The van der Waals surface area contributed by atoms with Gasteiger partial charge >= 0.3 is 0 Å². The van der Waals surface area contributed by atoms with E-state index in [9.17, 15) is 4.79 Å². The third kappa shape index (κ3) is 4.63. The molecular weight excluding hydrogens is 378 g/mol. The van der Waals surface area contributed by atoms with Gasteiger partial charge in [0.1, 0.15) is 5.82 Å². The molecule has 1 atom stereocenters. The van der Waals surface area contributed by atoms with Crippen molar-refractivity contribution in [1.82, 2.24) is 15.3 Å². The minimum Gasteiger partial charge on any atom is -0.309 e. The van der Waals surface area contributed by atoms with Crippen LogP contribution in [0.4, 0.5) is 0 Å². The quantitative estimate of drug-likeness (QED) is 0.453. The maximum Gasteiger partial charge on any atom is 0.258 e. The normalized spacial score (nSPS) is 12.5. The summed E-state index contributed by atoms with van der Waals surface area (Å²) < 4.78 is 0. The SMILES string of the molecule is CC(C)Cc1ccc([C@@H](NCc2nc3ccccc3c(=O)[nH]2)c2cccs2)cc1. The molecular formula is C24H25N3OS. The van der Waals surface area contributed by atoms with Crippen molar-refractivity contribution in [3.8, 4) is 0 Å². The minimum atomic E-state index is -0.0990. The summed E-state index contributed by atoms with van der Waals surface area (Å²) in [5.41, 5.74) is 3.19. The molecule has 4 nitrogen and oxygen atoms in total. The van der Waals surface area contributed by atoms with E-state index in [1.807, 2.05) is 18.2 Å². The fraction of sp³-hybridized carbons (Fsp3) is 0.250. The van der Waals surface area contributed by atoms with Gasteiger partial charge < -0.3 is 4.98 Å². The number of rotatable bonds is 7. The van der Waals surface area contributed by atoms with E-state index < -0.39 is 0 Å². The first-order chi connectivity index (χ1) is 14.1. The van der Waals surface area contributed by atoms with Crippen LogP contribution in [-0.2, 0) is 13.0 Å². The molecule has 4 aromatic rings. The van der Waals surface area contributed by atoms with Gasteiger partial charge in [-0.05, 0) is 47.0 Å². The Bertz CT molecular complexity index is 1130. The molecule has 2 aromatic heterocycles. The van der Waals surface area contributed by atoms with E-state index in [0.717, 1.165) is 11.9 Å². The van der Waals surface area contributed by atoms with Crippen molar-refractivity contribution in [2.24, 2.45) is 5.92 Å². The van der Waals surface area contributed by atoms with Gasteiger partial charge in [-0.25, -0.2) is 4.98 Å². The number of hydrogen-bond donors (Lipinski definition) is 2. The molecule has 0 amide bonds. The van der Waals surface area contributed by atoms with Crippen LogP contribution < -0.4 is 10.9 Å². The number of aromatic amines is 1. The lowest BCUT2D eigenvalue weighted by molar-refractivity contribution is 0.593. The van der Waals surface area contributed by atoms with Crippen LogP contribution >= 0.6 is 11.3 Å². The van der Waals surface area contributed by atoms with E-state index in [4.69, 9.17) is 0 Å². The predicted octanol–water partition coefficient (Wildman–Crippen LogP) is 5.06. The van der Waals surface area contributed by atoms with Gasteiger partial charge in [-0.3, -0.25) is 10.1 Å². The van der Waals surface area contributed by atoms with Gasteiger partial charge in [0.05, 0.1) is 23.5 Å². The molecule has 0 saturated carbocycles. The summed E-state index contributed by atoms with van der Waals surface area (Å²) >= 11 is 1.73. The monoisotopic (exact) mass is 403 g/mol. The highest BCUT2D eigenvalue weighted by atomic mass is 32.1. The van der Waals surface area contributed by atoms with Crippen LogP contribution in [0.25, 0.3) is 10.9 Å². The van der Waals surface area contributed by atoms with Crippen LogP contribution in [0.1, 0.15) is 41.7 Å². The molecule has 0 unspecified atom stereocenters. The van der Waals surface area contributed by atoms with Crippen LogP contribution in [0.2, 0.25) is 0 Å². The van der Waals surface area contributed by atoms with E-state index in [2.05, 4.69) is 70.9 Å². The van der Waals surface area contributed by atoms with Crippen molar-refractivity contribution < 1.29 is 0 Å². The summed E-state index contributed by atoms with van der Waals surface area (Å²) in [5, 5.41) is 6.29. The zero-order valence-corrected chi connectivity index (χ0v) is 17.5. The molecule has 5 heteroatoms. The lowest BCUT2D eigenvalue weighted by Crippen LogP contribution is -2.24. The van der Waals surface area contributed by atoms with E-state index >= 15 is 0 Å². The lowest BCUT2D eigenvalue weighted by atomic mass is 9.99. The maximum atomic E-state index is 12.3. The Kier molecular flexibility index (Phi) is 5.88. The van der Waals surface area contributed by atoms with Crippen molar-refractivity contribution in [2.45, 2.75) is 32.9 Å². The van der Waals surface area contributed by atoms with E-state index in [1.54, 1.807) is 17.4 Å². The number of fused-ring (bicyclic) bond motifs is 1. The molecule has 0 saturated heterocycles. The van der Waals surface area contributed by atoms with Gasteiger partial charge in [0, 0.05) is 4.88 Å². The van der Waals surface area contributed by atoms with Crippen molar-refractivity contribution >= 4 is 22.2 Å². The molecule has 0 radical (unpaired) electrons. The number of aromatic nitrogens is 2. The second-order valence-electron chi connectivity index (χ2n) is 7.70. The van der Waals surface area contributed by atoms with Crippen LogP contribution in [0, 0.1) is 5.92 Å². The summed E-state index contributed by atoms with van der Waals surface area (Å²) in [6.07, 6.45) is 1.08. The molecule has 0 spiro atoms. The van der Waals surface area contributed by atoms with Crippen molar-refractivity contribution in [3.63, 3.8) is 0 Å². The smallest absolute Gasteiger partial charge is 0.258 e. The third-order valence-electron chi connectivity index (χ3n) is 4.92. The Labute approximate surface area is 174 Å². The Morgan fingerprint density at radius 2 is 1.83 bits per heavy atom. The van der Waals surface area contributed by atoms with Gasteiger partial charge in [0.25, 0.3) is 5.56 Å². The number of nitrogens with one attached hydrogen (secondary N) is 2. The minimum absolute atomic E-state index is 0.0554. The number of benzene rings is 2. The van der Waals surface area contributed by atoms with Crippen LogP contribution in [0.5, 0.6) is 0 Å². The number of nitrogens with zero attached hydrogens (tertiary/aromatic N) is 1. The van der Waals surface area contributed by atoms with Crippen molar-refractivity contribution in [1.29, 1.82) is 0 Å². The van der Waals surface area contributed by atoms with Gasteiger partial charge in [0.2, 0.25) is 0 Å². The van der Waals surface area contributed by atoms with Crippen LogP contribution in [0.15, 0.2) is 70.8 Å². The van der Waals surface area contributed by atoms with Crippen LogP contribution in [-0.4, -0.2) is 9.97 Å². The lowest BCUT2D eigenvalue weighted by Gasteiger charge is -2.18. The number of thiophene rings is 1. The van der Waals surface area contributed by atoms with Gasteiger partial charge in [-0.1, -0.05) is 56.3 Å². The first kappa shape index (κ1) is 19.6. The number of H-pyrrole nitrogens is 1. The van der Waals surface area contributed by atoms with Gasteiger partial charge in [0.15, 0.2) is 0 Å². The highest BCUT2D eigenvalue weighted by Gasteiger charge is 2.16. The average molecular weight is 404 g/mol. The van der Waals surface area contributed by atoms with Crippen LogP contribution in [0.3, 0.4) is 0 Å². The second-order valence-corrected chi connectivity index (χ2v) is 8.68. The molecule has 148 valence electrons. The van der Waals surface area contributed by atoms with E-state index in [1.165, 1.54) is 16.0 Å². The number of para-hydroxylation sites is 1. The fourth-order valence-electron chi connectivity index (χ4n) is 3.57. The van der Waals surface area contributed by atoms with E-state index in [0.29, 0.717) is 23.7 Å². The summed E-state index contributed by atoms with van der Waals surface area (Å²) in [6.45, 7) is 4.96. The molecule has 0 aliphatic carbocycles. The average Bonchev–Trinajstić information content (AvgIpc) is 3.23. The highest BCUT2D eigenvalue weighted by Crippen LogP contribution is 2.27. The Balaban J connectivity index is 1.58. The largest absolute Gasteiger partial charge is 0.309 e. The molecule has 0 aliphatic rings. The summed E-state index contributed by atoms with van der Waals surface area (Å²) in [4.78, 5) is 21.1. The van der Waals surface area contributed by atoms with Crippen molar-refractivity contribution in [2.75, 3.05) is 0 Å². The zero-order valence-electron chi connectivity index (χ0n) is 16.7. The second kappa shape index (κ2) is 8.72. The molecule has 0 aliphatic heterocycles. The topological polar surface area (TPSA) is 57.8 Å². The first-order valence-corrected chi connectivity index (χ1v) is 10.8. The zero-order chi connectivity index (χ0) is 20.2. The molecule has 4 rings (SSSR count). The van der Waals surface area contributed by atoms with Gasteiger partial charge in [-0.15, -0.1) is 11.3 Å². The maximum absolute atomic E-state index is 12.3. The third-order valence-corrected chi connectivity index (χ3v) is 5.86. The summed E-state index contributed by atoms with van der Waals surface area (Å²) in [6, 6.07) is 20.5. The van der Waals surface area contributed by atoms with E-state index in [-0.39, 0.29) is 11.6 Å². The molecule has 2 aromatic carbocycles. The predicted molar refractivity (Wildman–Crippen MR) is 120 cm³/mol. The van der Waals surface area contributed by atoms with Gasteiger partial charge in [-0.2, -0.15) is 0 Å². The molecule has 0 fully saturated rings. The molecule has 0 bridgehead atoms. The molecule has 2 heterocycles. The standard InChI is InChI=1S/C24H25N3OS/c1-16(2)14-17-9-11-18(12-10-17)23(21-8-5-13-29-21)25-15-22-26-20-7-4-3-6-19(20)24(28)27-22/h3-13,16,23,25H,14-15H2,1-2H3,(H,26,27,28)/t23-/m1/s1. The summed E-state index contributed by atoms with van der Waals surface area (Å²) in [5.74, 6) is 1.29. The molecule has 2 N–H and O–H groups in total. The number of hydrogen-bond acceptors (Lipinski definition) is 4. The Hall–Kier alpha value is -2.76. The fourth-order valence-corrected chi connectivity index (χ4v) is 4.40. The van der Waals surface area contributed by atoms with Crippen molar-refractivity contribution in [3.05, 3.63) is 98.2 Å². The summed E-state index contributed by atoms with van der Waals surface area (Å²) in [7, 11) is 0. The first-order valence-electron chi connectivity index (χ1n) is 9.93. The highest BCUT2D eigenvalue weighted by molar-refractivity contribution is 7.10. The Morgan fingerprint density at radius 1 is 1.03 bits per heavy atom. The molecule has 29 heavy (non-hydrogen) atoms. The Morgan fingerprint density at radius 3 is 2.55 bits per heavy atom.